The van der Waals surface area contributed by atoms with E-state index in [1.807, 2.05) is 20.8 Å². The minimum absolute atomic E-state index is 0.224. The summed E-state index contributed by atoms with van der Waals surface area (Å²) >= 11 is 0. The highest BCUT2D eigenvalue weighted by atomic mass is 19.4. The van der Waals surface area contributed by atoms with Crippen LogP contribution in [-0.2, 0) is 6.18 Å². The molecule has 1 aromatic carbocycles. The van der Waals surface area contributed by atoms with E-state index in [2.05, 4.69) is 0 Å². The summed E-state index contributed by atoms with van der Waals surface area (Å²) in [6.45, 7) is 7.18. The summed E-state index contributed by atoms with van der Waals surface area (Å²) in [5.41, 5.74) is 5.85. The van der Waals surface area contributed by atoms with Gasteiger partial charge in [-0.2, -0.15) is 13.2 Å². The van der Waals surface area contributed by atoms with E-state index in [0.717, 1.165) is 6.07 Å². The Balaban J connectivity index is 3.23. The van der Waals surface area contributed by atoms with Crippen LogP contribution in [0.2, 0.25) is 0 Å². The molecule has 0 aliphatic heterocycles. The molecule has 4 heteroatoms. The normalized spacial score (nSPS) is 14.8. The van der Waals surface area contributed by atoms with Crippen molar-refractivity contribution < 1.29 is 13.2 Å². The summed E-state index contributed by atoms with van der Waals surface area (Å²) in [5.74, 6) is 0. The molecular formula is C13H18F3N. The molecule has 0 saturated carbocycles. The molecule has 96 valence electrons. The van der Waals surface area contributed by atoms with Crippen LogP contribution in [0.3, 0.4) is 0 Å². The monoisotopic (exact) mass is 245 g/mol. The lowest BCUT2D eigenvalue weighted by atomic mass is 9.82. The van der Waals surface area contributed by atoms with E-state index in [0.29, 0.717) is 5.56 Å². The van der Waals surface area contributed by atoms with Gasteiger partial charge in [-0.05, 0) is 29.5 Å². The van der Waals surface area contributed by atoms with E-state index in [1.54, 1.807) is 6.07 Å². The Labute approximate surface area is 99.8 Å². The molecule has 0 aliphatic carbocycles. The average Bonchev–Trinajstić information content (AvgIpc) is 2.14. The Kier molecular flexibility index (Phi) is 3.58. The fourth-order valence-electron chi connectivity index (χ4n) is 1.64. The predicted molar refractivity (Wildman–Crippen MR) is 62.6 cm³/mol. The minimum Gasteiger partial charge on any atom is -0.324 e. The third kappa shape index (κ3) is 3.22. The SMILES string of the molecule is Cc1ccc([C@H](N)C(C)(C)C)cc1C(F)(F)F. The van der Waals surface area contributed by atoms with Crippen LogP contribution in [0.25, 0.3) is 0 Å². The van der Waals surface area contributed by atoms with Gasteiger partial charge in [-0.15, -0.1) is 0 Å². The van der Waals surface area contributed by atoms with E-state index in [4.69, 9.17) is 5.73 Å². The standard InChI is InChI=1S/C13H18F3N/c1-8-5-6-9(11(17)12(2,3)4)7-10(8)13(14,15)16/h5-7,11H,17H2,1-4H3/t11-/m0/s1. The number of aryl methyl sites for hydroxylation is 1. The molecule has 0 unspecified atom stereocenters. The third-order valence-electron chi connectivity index (χ3n) is 2.86. The van der Waals surface area contributed by atoms with Crippen molar-refractivity contribution in [3.05, 3.63) is 34.9 Å². The molecule has 1 aromatic rings. The van der Waals surface area contributed by atoms with Gasteiger partial charge in [0.25, 0.3) is 0 Å². The number of nitrogens with two attached hydrogens (primary N) is 1. The Hall–Kier alpha value is -1.03. The molecule has 1 nitrogen and oxygen atoms in total. The second-order valence-corrected chi connectivity index (χ2v) is 5.42. The van der Waals surface area contributed by atoms with Crippen LogP contribution in [0, 0.1) is 12.3 Å². The first-order valence-electron chi connectivity index (χ1n) is 5.47. The summed E-state index contributed by atoms with van der Waals surface area (Å²) in [7, 11) is 0. The van der Waals surface area contributed by atoms with Crippen LogP contribution < -0.4 is 5.73 Å². The molecule has 0 amide bonds. The Morgan fingerprint density at radius 3 is 2.06 bits per heavy atom. The smallest absolute Gasteiger partial charge is 0.324 e. The van der Waals surface area contributed by atoms with Crippen molar-refractivity contribution in [1.29, 1.82) is 0 Å². The van der Waals surface area contributed by atoms with Gasteiger partial charge in [0.05, 0.1) is 5.56 Å². The molecule has 0 fully saturated rings. The maximum Gasteiger partial charge on any atom is 0.416 e. The van der Waals surface area contributed by atoms with Crippen LogP contribution in [0.1, 0.15) is 43.5 Å². The van der Waals surface area contributed by atoms with Crippen molar-refractivity contribution in [2.75, 3.05) is 0 Å². The summed E-state index contributed by atoms with van der Waals surface area (Å²) in [5, 5.41) is 0. The molecule has 1 atom stereocenters. The fraction of sp³-hybridized carbons (Fsp3) is 0.538. The van der Waals surface area contributed by atoms with Gasteiger partial charge in [-0.3, -0.25) is 0 Å². The van der Waals surface area contributed by atoms with Gasteiger partial charge in [0, 0.05) is 6.04 Å². The molecule has 1 rings (SSSR count). The van der Waals surface area contributed by atoms with Gasteiger partial charge >= 0.3 is 6.18 Å². The van der Waals surface area contributed by atoms with Gasteiger partial charge in [0.1, 0.15) is 0 Å². The summed E-state index contributed by atoms with van der Waals surface area (Å²) in [4.78, 5) is 0. The van der Waals surface area contributed by atoms with Gasteiger partial charge < -0.3 is 5.73 Å². The van der Waals surface area contributed by atoms with Crippen LogP contribution in [0.5, 0.6) is 0 Å². The zero-order chi connectivity index (χ0) is 13.4. The van der Waals surface area contributed by atoms with Crippen molar-refractivity contribution in [2.24, 2.45) is 11.1 Å². The molecule has 0 aromatic heterocycles. The van der Waals surface area contributed by atoms with E-state index in [1.165, 1.54) is 13.0 Å². The molecule has 0 aliphatic rings. The highest BCUT2D eigenvalue weighted by molar-refractivity contribution is 5.35. The molecule has 0 heterocycles. The zero-order valence-corrected chi connectivity index (χ0v) is 10.5. The number of hydrogen-bond acceptors (Lipinski definition) is 1. The van der Waals surface area contributed by atoms with E-state index in [9.17, 15) is 13.2 Å². The lowest BCUT2D eigenvalue weighted by Crippen LogP contribution is -2.26. The summed E-state index contributed by atoms with van der Waals surface area (Å²) in [6.07, 6.45) is -4.32. The minimum atomic E-state index is -4.32. The van der Waals surface area contributed by atoms with Crippen molar-refractivity contribution in [1.82, 2.24) is 0 Å². The third-order valence-corrected chi connectivity index (χ3v) is 2.86. The van der Waals surface area contributed by atoms with Crippen molar-refractivity contribution in [3.8, 4) is 0 Å². The van der Waals surface area contributed by atoms with Crippen molar-refractivity contribution in [2.45, 2.75) is 39.9 Å². The first kappa shape index (κ1) is 14.0. The Morgan fingerprint density at radius 1 is 1.12 bits per heavy atom. The fourth-order valence-corrected chi connectivity index (χ4v) is 1.64. The maximum absolute atomic E-state index is 12.7. The van der Waals surface area contributed by atoms with Gasteiger partial charge in [-0.25, -0.2) is 0 Å². The molecule has 2 N–H and O–H groups in total. The Bertz CT molecular complexity index is 402. The van der Waals surface area contributed by atoms with Crippen LogP contribution in [0.4, 0.5) is 13.2 Å². The lowest BCUT2D eigenvalue weighted by Gasteiger charge is -2.28. The molecule has 0 saturated heterocycles. The molecular weight excluding hydrogens is 227 g/mol. The van der Waals surface area contributed by atoms with E-state index >= 15 is 0 Å². The molecule has 17 heavy (non-hydrogen) atoms. The van der Waals surface area contributed by atoms with Gasteiger partial charge in [-0.1, -0.05) is 32.9 Å². The molecule has 0 bridgehead atoms. The van der Waals surface area contributed by atoms with Crippen LogP contribution in [-0.4, -0.2) is 0 Å². The van der Waals surface area contributed by atoms with E-state index in [-0.39, 0.29) is 11.0 Å². The first-order chi connectivity index (χ1) is 7.53. The molecule has 0 radical (unpaired) electrons. The van der Waals surface area contributed by atoms with Crippen molar-refractivity contribution >= 4 is 0 Å². The topological polar surface area (TPSA) is 26.0 Å². The van der Waals surface area contributed by atoms with E-state index < -0.39 is 17.8 Å². The summed E-state index contributed by atoms with van der Waals surface area (Å²) < 4.78 is 38.2. The van der Waals surface area contributed by atoms with Crippen LogP contribution in [0.15, 0.2) is 18.2 Å². The average molecular weight is 245 g/mol. The molecule has 0 spiro atoms. The highest BCUT2D eigenvalue weighted by Gasteiger charge is 2.33. The summed E-state index contributed by atoms with van der Waals surface area (Å²) in [6, 6.07) is 3.89. The zero-order valence-electron chi connectivity index (χ0n) is 10.5. The number of benzene rings is 1. The number of hydrogen-bond donors (Lipinski definition) is 1. The number of halogens is 3. The second-order valence-electron chi connectivity index (χ2n) is 5.42. The van der Waals surface area contributed by atoms with Crippen LogP contribution >= 0.6 is 0 Å². The first-order valence-corrected chi connectivity index (χ1v) is 5.47. The largest absolute Gasteiger partial charge is 0.416 e. The Morgan fingerprint density at radius 2 is 1.65 bits per heavy atom. The quantitative estimate of drug-likeness (QED) is 0.793. The number of alkyl halides is 3. The predicted octanol–water partition coefficient (Wildman–Crippen LogP) is 4.06. The number of rotatable bonds is 1. The maximum atomic E-state index is 12.7. The lowest BCUT2D eigenvalue weighted by molar-refractivity contribution is -0.138. The highest BCUT2D eigenvalue weighted by Crippen LogP contribution is 2.36. The van der Waals surface area contributed by atoms with Gasteiger partial charge in [0.15, 0.2) is 0 Å². The van der Waals surface area contributed by atoms with Gasteiger partial charge in [0.2, 0.25) is 0 Å². The van der Waals surface area contributed by atoms with Crippen molar-refractivity contribution in [3.63, 3.8) is 0 Å². The second kappa shape index (κ2) is 4.33.